The van der Waals surface area contributed by atoms with Gasteiger partial charge >= 0.3 is 0 Å². The van der Waals surface area contributed by atoms with Crippen LogP contribution in [0.25, 0.3) is 10.9 Å². The summed E-state index contributed by atoms with van der Waals surface area (Å²) in [5.41, 5.74) is 2.09. The molecule has 132 valence electrons. The number of benzene rings is 1. The summed E-state index contributed by atoms with van der Waals surface area (Å²) in [5.74, 6) is 0.754. The van der Waals surface area contributed by atoms with E-state index in [1.165, 1.54) is 11.8 Å². The molecule has 6 nitrogen and oxygen atoms in total. The van der Waals surface area contributed by atoms with Gasteiger partial charge in [0, 0.05) is 29.7 Å². The molecular formula is C19H18N4O2S. The van der Waals surface area contributed by atoms with Crippen molar-refractivity contribution in [2.75, 3.05) is 11.1 Å². The van der Waals surface area contributed by atoms with Gasteiger partial charge in [0.1, 0.15) is 5.82 Å². The predicted molar refractivity (Wildman–Crippen MR) is 103 cm³/mol. The minimum atomic E-state index is -0.340. The van der Waals surface area contributed by atoms with Crippen molar-refractivity contribution in [1.29, 1.82) is 0 Å². The molecule has 1 amide bonds. The lowest BCUT2D eigenvalue weighted by atomic mass is 9.85. The Kier molecular flexibility index (Phi) is 4.46. The van der Waals surface area contributed by atoms with E-state index >= 15 is 0 Å². The lowest BCUT2D eigenvalue weighted by molar-refractivity contribution is -0.116. The Morgan fingerprint density at radius 3 is 2.96 bits per heavy atom. The Hall–Kier alpha value is -2.67. The second-order valence-electron chi connectivity index (χ2n) is 6.20. The highest BCUT2D eigenvalue weighted by atomic mass is 32.2. The van der Waals surface area contributed by atoms with Crippen molar-refractivity contribution in [3.05, 3.63) is 58.0 Å². The number of anilines is 1. The van der Waals surface area contributed by atoms with Crippen molar-refractivity contribution in [3.63, 3.8) is 0 Å². The van der Waals surface area contributed by atoms with E-state index in [0.29, 0.717) is 16.5 Å². The molecule has 0 aliphatic carbocycles. The average molecular weight is 366 g/mol. The number of nitrogens with one attached hydrogen (secondary N) is 2. The molecule has 0 saturated heterocycles. The highest BCUT2D eigenvalue weighted by Gasteiger charge is 2.31. The first kappa shape index (κ1) is 16.8. The van der Waals surface area contributed by atoms with Gasteiger partial charge < -0.3 is 10.3 Å². The molecule has 1 aliphatic heterocycles. The zero-order valence-electron chi connectivity index (χ0n) is 14.3. The largest absolute Gasteiger partial charge is 0.310 e. The predicted octanol–water partition coefficient (Wildman–Crippen LogP) is 3.29. The summed E-state index contributed by atoms with van der Waals surface area (Å²) in [6, 6.07) is 9.62. The van der Waals surface area contributed by atoms with Gasteiger partial charge in [-0.1, -0.05) is 36.9 Å². The van der Waals surface area contributed by atoms with E-state index in [-0.39, 0.29) is 23.8 Å². The van der Waals surface area contributed by atoms with Crippen LogP contribution in [0.5, 0.6) is 0 Å². The molecule has 0 radical (unpaired) electrons. The number of amides is 1. The Morgan fingerprint density at radius 1 is 1.23 bits per heavy atom. The van der Waals surface area contributed by atoms with Gasteiger partial charge in [-0.05, 0) is 24.1 Å². The third-order valence-corrected chi connectivity index (χ3v) is 5.51. The summed E-state index contributed by atoms with van der Waals surface area (Å²) < 4.78 is 0. The first-order valence-electron chi connectivity index (χ1n) is 8.58. The number of aromatic amines is 1. The fourth-order valence-electron chi connectivity index (χ4n) is 3.31. The second kappa shape index (κ2) is 6.92. The molecule has 0 saturated carbocycles. The van der Waals surface area contributed by atoms with Crippen LogP contribution in [0.4, 0.5) is 5.82 Å². The van der Waals surface area contributed by atoms with Gasteiger partial charge in [-0.25, -0.2) is 4.98 Å². The van der Waals surface area contributed by atoms with Crippen LogP contribution in [0, 0.1) is 0 Å². The van der Waals surface area contributed by atoms with Gasteiger partial charge in [0.25, 0.3) is 5.56 Å². The van der Waals surface area contributed by atoms with E-state index in [1.807, 2.05) is 30.3 Å². The molecule has 0 bridgehead atoms. The molecular weight excluding hydrogens is 348 g/mol. The monoisotopic (exact) mass is 366 g/mol. The maximum absolute atomic E-state index is 12.8. The third kappa shape index (κ3) is 2.99. The van der Waals surface area contributed by atoms with Gasteiger partial charge in [0.15, 0.2) is 5.16 Å². The molecule has 0 fully saturated rings. The van der Waals surface area contributed by atoms with Crippen LogP contribution in [0.3, 0.4) is 0 Å². The summed E-state index contributed by atoms with van der Waals surface area (Å²) in [6.45, 7) is 2.07. The highest BCUT2D eigenvalue weighted by Crippen LogP contribution is 2.37. The number of hydrogen-bond acceptors (Lipinski definition) is 5. The summed E-state index contributed by atoms with van der Waals surface area (Å²) in [4.78, 5) is 36.8. The minimum Gasteiger partial charge on any atom is -0.310 e. The van der Waals surface area contributed by atoms with Crippen LogP contribution in [-0.4, -0.2) is 26.6 Å². The third-order valence-electron chi connectivity index (χ3n) is 4.43. The number of nitrogens with zero attached hydrogens (tertiary/aromatic N) is 2. The molecule has 1 unspecified atom stereocenters. The Morgan fingerprint density at radius 2 is 2.12 bits per heavy atom. The number of rotatable bonds is 4. The number of carbonyl (C=O) groups excluding carboxylic acids is 1. The number of pyridine rings is 1. The Labute approximate surface area is 154 Å². The number of fused-ring (bicyclic) bond motifs is 2. The van der Waals surface area contributed by atoms with Crippen molar-refractivity contribution in [2.45, 2.75) is 30.8 Å². The number of hydrogen-bond donors (Lipinski definition) is 2. The standard InChI is InChI=1S/C19H18N4O2S/c1-2-9-26-19-22-17-16(18(25)23-19)13(10-15(24)21-17)11-5-3-7-14-12(11)6-4-8-20-14/h3-8,13H,2,9-10H2,1H3,(H2,21,22,23,24,25). The van der Waals surface area contributed by atoms with Crippen LogP contribution >= 0.6 is 11.8 Å². The van der Waals surface area contributed by atoms with E-state index in [2.05, 4.69) is 27.2 Å². The van der Waals surface area contributed by atoms with E-state index < -0.39 is 0 Å². The minimum absolute atomic E-state index is 0.132. The van der Waals surface area contributed by atoms with Crippen molar-refractivity contribution in [3.8, 4) is 0 Å². The zero-order valence-corrected chi connectivity index (χ0v) is 15.1. The number of thioether (sulfide) groups is 1. The second-order valence-corrected chi connectivity index (χ2v) is 7.29. The Bertz CT molecular complexity index is 1040. The summed E-state index contributed by atoms with van der Waals surface area (Å²) >= 11 is 1.48. The normalized spacial score (nSPS) is 16.3. The van der Waals surface area contributed by atoms with Crippen LogP contribution in [0.2, 0.25) is 0 Å². The quantitative estimate of drug-likeness (QED) is 0.546. The average Bonchev–Trinajstić information content (AvgIpc) is 2.65. The molecule has 4 rings (SSSR count). The SMILES string of the molecule is CCCSc1nc2c(c(=O)[nH]1)C(c1cccc3ncccc13)CC(=O)N2. The van der Waals surface area contributed by atoms with Gasteiger partial charge in [-0.15, -0.1) is 0 Å². The van der Waals surface area contributed by atoms with Crippen LogP contribution in [0.15, 0.2) is 46.5 Å². The van der Waals surface area contributed by atoms with Crippen molar-refractivity contribution < 1.29 is 4.79 Å². The number of aromatic nitrogens is 3. The molecule has 26 heavy (non-hydrogen) atoms. The smallest absolute Gasteiger partial charge is 0.257 e. The van der Waals surface area contributed by atoms with Crippen LogP contribution in [-0.2, 0) is 4.79 Å². The van der Waals surface area contributed by atoms with Crippen molar-refractivity contribution in [2.24, 2.45) is 0 Å². The topological polar surface area (TPSA) is 87.7 Å². The van der Waals surface area contributed by atoms with Crippen LogP contribution < -0.4 is 10.9 Å². The van der Waals surface area contributed by atoms with Gasteiger partial charge in [0.05, 0.1) is 11.1 Å². The lowest BCUT2D eigenvalue weighted by Gasteiger charge is -2.25. The van der Waals surface area contributed by atoms with Crippen molar-refractivity contribution >= 4 is 34.4 Å². The summed E-state index contributed by atoms with van der Waals surface area (Å²) in [6.07, 6.45) is 2.93. The number of carbonyl (C=O) groups is 1. The first-order valence-corrected chi connectivity index (χ1v) is 9.56. The number of H-pyrrole nitrogens is 1. The molecule has 7 heteroatoms. The molecule has 0 spiro atoms. The lowest BCUT2D eigenvalue weighted by Crippen LogP contribution is -2.31. The zero-order chi connectivity index (χ0) is 18.1. The maximum Gasteiger partial charge on any atom is 0.257 e. The summed E-state index contributed by atoms with van der Waals surface area (Å²) in [5, 5.41) is 4.25. The first-order chi connectivity index (χ1) is 12.7. The fraction of sp³-hybridized carbons (Fsp3) is 0.263. The molecule has 3 aromatic rings. The molecule has 1 aliphatic rings. The molecule has 1 atom stereocenters. The molecule has 2 N–H and O–H groups in total. The van der Waals surface area contributed by atoms with Gasteiger partial charge in [0.2, 0.25) is 5.91 Å². The van der Waals surface area contributed by atoms with Crippen LogP contribution in [0.1, 0.15) is 36.8 Å². The summed E-state index contributed by atoms with van der Waals surface area (Å²) in [7, 11) is 0. The molecule has 3 heterocycles. The van der Waals surface area contributed by atoms with E-state index in [0.717, 1.165) is 28.6 Å². The van der Waals surface area contributed by atoms with Crippen molar-refractivity contribution in [1.82, 2.24) is 15.0 Å². The molecule has 2 aromatic heterocycles. The van der Waals surface area contributed by atoms with Gasteiger partial charge in [-0.3, -0.25) is 14.6 Å². The fourth-order valence-corrected chi connectivity index (χ4v) is 4.03. The Balaban J connectivity index is 1.87. The highest BCUT2D eigenvalue weighted by molar-refractivity contribution is 7.99. The maximum atomic E-state index is 12.8. The van der Waals surface area contributed by atoms with E-state index in [1.54, 1.807) is 6.20 Å². The van der Waals surface area contributed by atoms with Gasteiger partial charge in [-0.2, -0.15) is 0 Å². The van der Waals surface area contributed by atoms with E-state index in [9.17, 15) is 9.59 Å². The van der Waals surface area contributed by atoms with E-state index in [4.69, 9.17) is 0 Å². The molecule has 1 aromatic carbocycles.